The number of rotatable bonds is 4. The molecule has 0 radical (unpaired) electrons. The predicted octanol–water partition coefficient (Wildman–Crippen LogP) is 1.91. The molecule has 1 aliphatic rings. The van der Waals surface area contributed by atoms with Gasteiger partial charge in [0.15, 0.2) is 0 Å². The number of hydrogen-bond acceptors (Lipinski definition) is 4. The monoisotopic (exact) mass is 288 g/mol. The molecule has 1 fully saturated rings. The van der Waals surface area contributed by atoms with Gasteiger partial charge in [-0.3, -0.25) is 14.6 Å². The van der Waals surface area contributed by atoms with Crippen molar-refractivity contribution in [1.82, 2.24) is 10.4 Å². The summed E-state index contributed by atoms with van der Waals surface area (Å²) in [4.78, 5) is 24.5. The van der Waals surface area contributed by atoms with Crippen LogP contribution in [0.5, 0.6) is 0 Å². The molecule has 21 heavy (non-hydrogen) atoms. The van der Waals surface area contributed by atoms with Gasteiger partial charge in [-0.1, -0.05) is 24.3 Å². The normalized spacial score (nSPS) is 24.7. The van der Waals surface area contributed by atoms with E-state index >= 15 is 0 Å². The molecule has 1 heterocycles. The lowest BCUT2D eigenvalue weighted by Crippen LogP contribution is -2.50. The quantitative estimate of drug-likeness (QED) is 0.679. The van der Waals surface area contributed by atoms with E-state index in [9.17, 15) is 9.59 Å². The average molecular weight is 288 g/mol. The second kappa shape index (κ2) is 6.10. The minimum atomic E-state index is -0.635. The first kappa shape index (κ1) is 15.3. The van der Waals surface area contributed by atoms with E-state index in [0.29, 0.717) is 18.6 Å². The van der Waals surface area contributed by atoms with Gasteiger partial charge in [0.25, 0.3) is 5.91 Å². The van der Waals surface area contributed by atoms with Crippen LogP contribution in [0.3, 0.4) is 0 Å². The van der Waals surface area contributed by atoms with Gasteiger partial charge in [-0.2, -0.15) is 0 Å². The van der Waals surface area contributed by atoms with Gasteiger partial charge < -0.3 is 4.74 Å². The van der Waals surface area contributed by atoms with Crippen LogP contribution in [0.25, 0.3) is 0 Å². The Morgan fingerprint density at radius 3 is 2.71 bits per heavy atom. The SMILES string of the molecule is C=CC1(C)CC(C(=O)OCC)NN1C(=O)c1ccccc1. The number of nitrogens with one attached hydrogen (secondary N) is 1. The molecule has 1 N–H and O–H groups in total. The highest BCUT2D eigenvalue weighted by Crippen LogP contribution is 2.29. The highest BCUT2D eigenvalue weighted by atomic mass is 16.5. The van der Waals surface area contributed by atoms with Crippen molar-refractivity contribution in [2.24, 2.45) is 0 Å². The summed E-state index contributed by atoms with van der Waals surface area (Å²) in [5, 5.41) is 1.47. The van der Waals surface area contributed by atoms with Crippen molar-refractivity contribution >= 4 is 11.9 Å². The zero-order valence-corrected chi connectivity index (χ0v) is 12.3. The molecule has 2 unspecified atom stereocenters. The summed E-state index contributed by atoms with van der Waals surface area (Å²) in [6.07, 6.45) is 2.12. The number of carbonyl (C=O) groups is 2. The molecule has 0 aliphatic carbocycles. The van der Waals surface area contributed by atoms with Crippen LogP contribution in [-0.4, -0.2) is 35.1 Å². The van der Waals surface area contributed by atoms with Gasteiger partial charge in [0.2, 0.25) is 0 Å². The molecule has 1 saturated heterocycles. The van der Waals surface area contributed by atoms with Crippen molar-refractivity contribution < 1.29 is 14.3 Å². The van der Waals surface area contributed by atoms with Gasteiger partial charge in [0, 0.05) is 12.0 Å². The minimum Gasteiger partial charge on any atom is -0.465 e. The maximum atomic E-state index is 12.6. The van der Waals surface area contributed by atoms with Crippen molar-refractivity contribution in [2.75, 3.05) is 6.61 Å². The molecule has 0 spiro atoms. The maximum Gasteiger partial charge on any atom is 0.325 e. The number of hydrazine groups is 1. The predicted molar refractivity (Wildman–Crippen MR) is 79.4 cm³/mol. The van der Waals surface area contributed by atoms with Gasteiger partial charge in [0.05, 0.1) is 12.1 Å². The van der Waals surface area contributed by atoms with E-state index in [-0.39, 0.29) is 11.9 Å². The summed E-state index contributed by atoms with van der Waals surface area (Å²) < 4.78 is 5.02. The summed E-state index contributed by atoms with van der Waals surface area (Å²) in [5.41, 5.74) is 2.88. The number of benzene rings is 1. The van der Waals surface area contributed by atoms with Crippen LogP contribution in [0.4, 0.5) is 0 Å². The Balaban J connectivity index is 2.23. The van der Waals surface area contributed by atoms with Crippen molar-refractivity contribution in [3.63, 3.8) is 0 Å². The molecule has 1 amide bonds. The third-order valence-corrected chi connectivity index (χ3v) is 3.65. The molecule has 0 saturated carbocycles. The highest BCUT2D eigenvalue weighted by Gasteiger charge is 2.46. The summed E-state index contributed by atoms with van der Waals surface area (Å²) in [5.74, 6) is -0.543. The van der Waals surface area contributed by atoms with Crippen molar-refractivity contribution in [2.45, 2.75) is 31.8 Å². The lowest BCUT2D eigenvalue weighted by Gasteiger charge is -2.31. The number of nitrogens with zero attached hydrogens (tertiary/aromatic N) is 1. The van der Waals surface area contributed by atoms with Gasteiger partial charge >= 0.3 is 5.97 Å². The van der Waals surface area contributed by atoms with Crippen LogP contribution >= 0.6 is 0 Å². The van der Waals surface area contributed by atoms with Crippen molar-refractivity contribution in [1.29, 1.82) is 0 Å². The zero-order chi connectivity index (χ0) is 15.5. The summed E-state index contributed by atoms with van der Waals surface area (Å²) in [6.45, 7) is 7.73. The Labute approximate surface area is 124 Å². The van der Waals surface area contributed by atoms with Crippen LogP contribution in [0.2, 0.25) is 0 Å². The van der Waals surface area contributed by atoms with E-state index in [1.165, 1.54) is 5.01 Å². The van der Waals surface area contributed by atoms with Gasteiger partial charge in [-0.05, 0) is 26.0 Å². The fourth-order valence-electron chi connectivity index (χ4n) is 2.41. The molecule has 1 aromatic rings. The van der Waals surface area contributed by atoms with Gasteiger partial charge in [0.1, 0.15) is 6.04 Å². The van der Waals surface area contributed by atoms with Gasteiger partial charge in [-0.25, -0.2) is 5.43 Å². The van der Waals surface area contributed by atoms with Crippen LogP contribution in [0, 0.1) is 0 Å². The summed E-state index contributed by atoms with van der Waals surface area (Å²) in [6, 6.07) is 8.40. The Hall–Kier alpha value is -2.14. The fourth-order valence-corrected chi connectivity index (χ4v) is 2.41. The summed E-state index contributed by atoms with van der Waals surface area (Å²) >= 11 is 0. The molecule has 5 nitrogen and oxygen atoms in total. The standard InChI is InChI=1S/C16H20N2O3/c1-4-16(3)11-13(15(20)21-5-2)17-18(16)14(19)12-9-7-6-8-10-12/h4,6-10,13,17H,1,5,11H2,2-3H3. The average Bonchev–Trinajstić information content (AvgIpc) is 2.86. The number of hydrogen-bond donors (Lipinski definition) is 1. The fraction of sp³-hybridized carbons (Fsp3) is 0.375. The highest BCUT2D eigenvalue weighted by molar-refractivity contribution is 5.95. The Bertz CT molecular complexity index is 544. The number of amides is 1. The molecule has 0 bridgehead atoms. The number of esters is 1. The van der Waals surface area contributed by atoms with E-state index in [4.69, 9.17) is 4.74 Å². The van der Waals surface area contributed by atoms with Crippen molar-refractivity contribution in [3.8, 4) is 0 Å². The third kappa shape index (κ3) is 2.97. The molecule has 1 aromatic carbocycles. The van der Waals surface area contributed by atoms with E-state index in [2.05, 4.69) is 12.0 Å². The first-order chi connectivity index (χ1) is 10.0. The topological polar surface area (TPSA) is 58.6 Å². The molecule has 0 aromatic heterocycles. The van der Waals surface area contributed by atoms with E-state index < -0.39 is 11.6 Å². The molecule has 2 rings (SSSR count). The molecule has 1 aliphatic heterocycles. The summed E-state index contributed by atoms with van der Waals surface area (Å²) in [7, 11) is 0. The van der Waals surface area contributed by atoms with Crippen LogP contribution < -0.4 is 5.43 Å². The first-order valence-electron chi connectivity index (χ1n) is 6.98. The molecule has 5 heteroatoms. The van der Waals surface area contributed by atoms with E-state index in [1.807, 2.05) is 13.0 Å². The zero-order valence-electron chi connectivity index (χ0n) is 12.3. The smallest absolute Gasteiger partial charge is 0.325 e. The number of ether oxygens (including phenoxy) is 1. The lowest BCUT2D eigenvalue weighted by atomic mass is 9.95. The van der Waals surface area contributed by atoms with Crippen molar-refractivity contribution in [3.05, 3.63) is 48.6 Å². The third-order valence-electron chi connectivity index (χ3n) is 3.65. The second-order valence-corrected chi connectivity index (χ2v) is 5.21. The molecule has 2 atom stereocenters. The maximum absolute atomic E-state index is 12.6. The Morgan fingerprint density at radius 2 is 2.14 bits per heavy atom. The van der Waals surface area contributed by atoms with Crippen LogP contribution in [0.1, 0.15) is 30.6 Å². The lowest BCUT2D eigenvalue weighted by molar-refractivity contribution is -0.145. The minimum absolute atomic E-state index is 0.190. The Morgan fingerprint density at radius 1 is 1.48 bits per heavy atom. The van der Waals surface area contributed by atoms with Crippen LogP contribution in [-0.2, 0) is 9.53 Å². The van der Waals surface area contributed by atoms with Crippen LogP contribution in [0.15, 0.2) is 43.0 Å². The van der Waals surface area contributed by atoms with Gasteiger partial charge in [-0.15, -0.1) is 6.58 Å². The largest absolute Gasteiger partial charge is 0.465 e. The van der Waals surface area contributed by atoms with E-state index in [1.54, 1.807) is 37.3 Å². The molecular formula is C16H20N2O3. The second-order valence-electron chi connectivity index (χ2n) is 5.21. The molecular weight excluding hydrogens is 268 g/mol. The van der Waals surface area contributed by atoms with E-state index in [0.717, 1.165) is 0 Å². The Kier molecular flexibility index (Phi) is 4.43. The first-order valence-corrected chi connectivity index (χ1v) is 6.98. The molecule has 112 valence electrons. The number of carbonyl (C=O) groups excluding carboxylic acids is 2.